The average molecular weight is 379 g/mol. The van der Waals surface area contributed by atoms with Crippen molar-refractivity contribution in [2.45, 2.75) is 66.7 Å². The molecule has 1 aliphatic carbocycles. The van der Waals surface area contributed by atoms with Gasteiger partial charge in [0.15, 0.2) is 0 Å². The number of aliphatic hydroxyl groups excluding tert-OH is 1. The molecule has 0 bridgehead atoms. The van der Waals surface area contributed by atoms with Crippen LogP contribution in [0, 0.1) is 0 Å². The van der Waals surface area contributed by atoms with Crippen LogP contribution in [0.25, 0.3) is 0 Å². The van der Waals surface area contributed by atoms with Crippen molar-refractivity contribution in [2.24, 2.45) is 5.73 Å². The van der Waals surface area contributed by atoms with Gasteiger partial charge >= 0.3 is 5.97 Å². The molecule has 3 rings (SSSR count). The van der Waals surface area contributed by atoms with Gasteiger partial charge in [0.05, 0.1) is 17.6 Å². The van der Waals surface area contributed by atoms with Gasteiger partial charge in [0.1, 0.15) is 6.04 Å². The second-order valence-corrected chi connectivity index (χ2v) is 8.18. The Morgan fingerprint density at radius 1 is 1.35 bits per heavy atom. The smallest absolute Gasteiger partial charge is 0.322 e. The van der Waals surface area contributed by atoms with Crippen molar-refractivity contribution in [1.82, 2.24) is 10.3 Å². The Kier molecular flexibility index (Phi) is 5.84. The fourth-order valence-corrected chi connectivity index (χ4v) is 5.66. The third kappa shape index (κ3) is 3.45. The molecule has 1 aromatic rings. The molecular formula is C18H25N3O4S. The van der Waals surface area contributed by atoms with Crippen LogP contribution in [0.5, 0.6) is 0 Å². The Morgan fingerprint density at radius 3 is 2.65 bits per heavy atom. The molecule has 2 aliphatic rings. The SMILES string of the molecule is N[C@H](CNC(=O)C1Sc2c(CO)ccnc2C12CCCCCC2)C(=O)O. The largest absolute Gasteiger partial charge is 0.480 e. The maximum Gasteiger partial charge on any atom is 0.322 e. The molecule has 142 valence electrons. The van der Waals surface area contributed by atoms with Crippen molar-refractivity contribution in [1.29, 1.82) is 0 Å². The molecule has 1 aliphatic heterocycles. The number of carbonyl (C=O) groups is 2. The van der Waals surface area contributed by atoms with Gasteiger partial charge in [0.2, 0.25) is 5.91 Å². The number of aliphatic carboxylic acids is 1. The molecule has 2 atom stereocenters. The summed E-state index contributed by atoms with van der Waals surface area (Å²) < 4.78 is 0. The number of nitrogens with one attached hydrogen (secondary N) is 1. The van der Waals surface area contributed by atoms with Gasteiger partial charge < -0.3 is 21.3 Å². The number of carboxylic acids is 1. The summed E-state index contributed by atoms with van der Waals surface area (Å²) >= 11 is 1.45. The minimum absolute atomic E-state index is 0.0911. The molecule has 1 unspecified atom stereocenters. The molecule has 2 heterocycles. The van der Waals surface area contributed by atoms with E-state index in [1.807, 2.05) is 0 Å². The molecule has 1 fully saturated rings. The molecule has 0 aromatic carbocycles. The Bertz CT molecular complexity index is 689. The molecule has 0 radical (unpaired) electrons. The first kappa shape index (κ1) is 19.1. The summed E-state index contributed by atoms with van der Waals surface area (Å²) in [6.45, 7) is -0.190. The van der Waals surface area contributed by atoms with Gasteiger partial charge in [-0.2, -0.15) is 0 Å². The number of aliphatic hydroxyl groups is 1. The van der Waals surface area contributed by atoms with Crippen LogP contribution in [0.4, 0.5) is 0 Å². The molecule has 1 aromatic heterocycles. The van der Waals surface area contributed by atoms with E-state index in [-0.39, 0.29) is 29.7 Å². The number of carbonyl (C=O) groups excluding carboxylic acids is 1. The van der Waals surface area contributed by atoms with Crippen LogP contribution in [0.1, 0.15) is 49.8 Å². The first-order valence-corrected chi connectivity index (χ1v) is 9.89. The summed E-state index contributed by atoms with van der Waals surface area (Å²) in [5, 5.41) is 20.9. The van der Waals surface area contributed by atoms with Crippen molar-refractivity contribution < 1.29 is 19.8 Å². The lowest BCUT2D eigenvalue weighted by atomic mass is 9.73. The second-order valence-electron chi connectivity index (χ2n) is 7.06. The van der Waals surface area contributed by atoms with Crippen molar-refractivity contribution in [2.75, 3.05) is 6.54 Å². The highest BCUT2D eigenvalue weighted by molar-refractivity contribution is 8.01. The summed E-state index contributed by atoms with van der Waals surface area (Å²) in [5.74, 6) is -1.34. The number of fused-ring (bicyclic) bond motifs is 2. The maximum atomic E-state index is 13.0. The molecule has 8 heteroatoms. The van der Waals surface area contributed by atoms with E-state index in [1.54, 1.807) is 12.3 Å². The topological polar surface area (TPSA) is 126 Å². The average Bonchev–Trinajstić information content (AvgIpc) is 2.79. The minimum Gasteiger partial charge on any atom is -0.480 e. The van der Waals surface area contributed by atoms with Gasteiger partial charge in [-0.25, -0.2) is 0 Å². The third-order valence-corrected chi connectivity index (χ3v) is 7.01. The number of nitrogens with two attached hydrogens (primary N) is 1. The second kappa shape index (κ2) is 7.94. The molecule has 5 N–H and O–H groups in total. The zero-order valence-electron chi connectivity index (χ0n) is 14.6. The Morgan fingerprint density at radius 2 is 2.04 bits per heavy atom. The molecule has 26 heavy (non-hydrogen) atoms. The van der Waals surface area contributed by atoms with Crippen LogP contribution in [-0.4, -0.2) is 44.9 Å². The quantitative estimate of drug-likeness (QED) is 0.605. The molecule has 1 spiro atoms. The predicted octanol–water partition coefficient (Wildman–Crippen LogP) is 1.17. The van der Waals surface area contributed by atoms with E-state index in [1.165, 1.54) is 11.8 Å². The summed E-state index contributed by atoms with van der Waals surface area (Å²) in [6, 6.07) is 0.667. The summed E-state index contributed by atoms with van der Waals surface area (Å²) in [4.78, 5) is 29.4. The van der Waals surface area contributed by atoms with Gasteiger partial charge in [-0.1, -0.05) is 25.7 Å². The van der Waals surface area contributed by atoms with Gasteiger partial charge in [-0.3, -0.25) is 14.6 Å². The lowest BCUT2D eigenvalue weighted by Gasteiger charge is -2.33. The predicted molar refractivity (Wildman–Crippen MR) is 97.8 cm³/mol. The van der Waals surface area contributed by atoms with Crippen LogP contribution in [0.3, 0.4) is 0 Å². The van der Waals surface area contributed by atoms with Crippen LogP contribution in [-0.2, 0) is 21.6 Å². The fraction of sp³-hybridized carbons (Fsp3) is 0.611. The number of carboxylic acid groups (broad SMARTS) is 1. The minimum atomic E-state index is -1.14. The Labute approximate surface area is 156 Å². The van der Waals surface area contributed by atoms with Gasteiger partial charge in [0.25, 0.3) is 0 Å². The number of amides is 1. The number of nitrogens with zero attached hydrogens (tertiary/aromatic N) is 1. The first-order valence-electron chi connectivity index (χ1n) is 9.01. The zero-order valence-corrected chi connectivity index (χ0v) is 15.4. The lowest BCUT2D eigenvalue weighted by Crippen LogP contribution is -2.49. The zero-order chi connectivity index (χ0) is 18.7. The molecule has 7 nitrogen and oxygen atoms in total. The number of thioether (sulfide) groups is 1. The molecule has 1 saturated carbocycles. The molecule has 1 amide bonds. The summed E-state index contributed by atoms with van der Waals surface area (Å²) in [5.41, 5.74) is 6.87. The van der Waals surface area contributed by atoms with Crippen LogP contribution >= 0.6 is 11.8 Å². The Hall–Kier alpha value is -1.64. The van der Waals surface area contributed by atoms with Gasteiger partial charge in [-0.15, -0.1) is 11.8 Å². The highest BCUT2D eigenvalue weighted by Crippen LogP contribution is 2.55. The van der Waals surface area contributed by atoms with E-state index in [0.29, 0.717) is 0 Å². The molecular weight excluding hydrogens is 354 g/mol. The van der Waals surface area contributed by atoms with E-state index < -0.39 is 12.0 Å². The highest BCUT2D eigenvalue weighted by atomic mass is 32.2. The number of pyridine rings is 1. The van der Waals surface area contributed by atoms with E-state index in [2.05, 4.69) is 10.3 Å². The number of hydrogen-bond acceptors (Lipinski definition) is 6. The van der Waals surface area contributed by atoms with Crippen LogP contribution in [0.2, 0.25) is 0 Å². The highest BCUT2D eigenvalue weighted by Gasteiger charge is 2.52. The van der Waals surface area contributed by atoms with Gasteiger partial charge in [0, 0.05) is 23.1 Å². The first-order chi connectivity index (χ1) is 12.5. The van der Waals surface area contributed by atoms with E-state index in [9.17, 15) is 14.7 Å². The van der Waals surface area contributed by atoms with Crippen molar-refractivity contribution >= 4 is 23.6 Å². The maximum absolute atomic E-state index is 13.0. The van der Waals surface area contributed by atoms with E-state index >= 15 is 0 Å². The molecule has 0 saturated heterocycles. The fourth-order valence-electron chi connectivity index (χ4n) is 4.01. The number of rotatable bonds is 5. The lowest BCUT2D eigenvalue weighted by molar-refractivity contribution is -0.138. The third-order valence-electron chi connectivity index (χ3n) is 5.41. The van der Waals surface area contributed by atoms with Crippen LogP contribution < -0.4 is 11.1 Å². The van der Waals surface area contributed by atoms with Crippen molar-refractivity contribution in [3.63, 3.8) is 0 Å². The van der Waals surface area contributed by atoms with Crippen molar-refractivity contribution in [3.8, 4) is 0 Å². The van der Waals surface area contributed by atoms with Crippen LogP contribution in [0.15, 0.2) is 17.2 Å². The summed E-state index contributed by atoms with van der Waals surface area (Å²) in [6.07, 6.45) is 7.79. The van der Waals surface area contributed by atoms with E-state index in [4.69, 9.17) is 10.8 Å². The standard InChI is InChI=1S/C18H25N3O4S/c19-12(17(24)25)9-21-16(23)15-18(6-3-1-2-4-7-18)14-13(26-15)11(10-22)5-8-20-14/h5,8,12,15,22H,1-4,6-7,9-10,19H2,(H,21,23)(H,24,25)/t12-,15?/m1/s1. The van der Waals surface area contributed by atoms with Gasteiger partial charge in [-0.05, 0) is 24.5 Å². The number of hydrogen-bond donors (Lipinski definition) is 4. The Balaban J connectivity index is 1.91. The van der Waals surface area contributed by atoms with Crippen molar-refractivity contribution in [3.05, 3.63) is 23.5 Å². The van der Waals surface area contributed by atoms with E-state index in [0.717, 1.165) is 54.7 Å². The number of aromatic nitrogens is 1. The normalized spacial score (nSPS) is 22.5. The monoisotopic (exact) mass is 379 g/mol. The summed E-state index contributed by atoms with van der Waals surface area (Å²) in [7, 11) is 0.